The number of hydrogen-bond donors (Lipinski definition) is 1. The molecule has 0 aliphatic carbocycles. The topological polar surface area (TPSA) is 57.6 Å². The smallest absolute Gasteiger partial charge is 0.261 e. The van der Waals surface area contributed by atoms with E-state index in [4.69, 9.17) is 0 Å². The zero-order valence-corrected chi connectivity index (χ0v) is 14.9. The Labute approximate surface area is 145 Å². The van der Waals surface area contributed by atoms with Gasteiger partial charge >= 0.3 is 0 Å². The van der Waals surface area contributed by atoms with Gasteiger partial charge < -0.3 is 10.0 Å². The van der Waals surface area contributed by atoms with Crippen molar-refractivity contribution in [3.63, 3.8) is 0 Å². The van der Waals surface area contributed by atoms with Crippen molar-refractivity contribution in [1.82, 2.24) is 4.90 Å². The standard InChI is InChI=1S/C20H31NO3/c1-2-3-4-5-6-7-8-9-10-11-14-17(22)18-19(23)16-13-12-15-21(16)20(18)24/h8-9,16,23H,2-7,10-15H2,1H3. The van der Waals surface area contributed by atoms with Crippen LogP contribution in [0.2, 0.25) is 0 Å². The molecule has 4 heteroatoms. The maximum atomic E-state index is 12.2. The number of nitrogens with zero attached hydrogens (tertiary/aromatic N) is 1. The largest absolute Gasteiger partial charge is 0.509 e. The highest BCUT2D eigenvalue weighted by atomic mass is 16.3. The molecule has 1 fully saturated rings. The molecule has 0 aromatic rings. The molecule has 0 spiro atoms. The summed E-state index contributed by atoms with van der Waals surface area (Å²) in [6.45, 7) is 2.88. The number of Topliss-reactive ketones (excluding diaryl/α,β-unsaturated/α-hetero) is 1. The van der Waals surface area contributed by atoms with Gasteiger partial charge in [0.2, 0.25) is 0 Å². The van der Waals surface area contributed by atoms with Gasteiger partial charge in [-0.15, -0.1) is 0 Å². The van der Waals surface area contributed by atoms with Gasteiger partial charge in [0.25, 0.3) is 5.91 Å². The van der Waals surface area contributed by atoms with Crippen LogP contribution < -0.4 is 0 Å². The zero-order chi connectivity index (χ0) is 17.4. The first-order valence-electron chi connectivity index (χ1n) is 9.59. The van der Waals surface area contributed by atoms with E-state index in [-0.39, 0.29) is 29.1 Å². The molecule has 134 valence electrons. The molecule has 1 atom stereocenters. The molecule has 0 radical (unpaired) electrons. The second kappa shape index (κ2) is 9.65. The second-order valence-electron chi connectivity index (χ2n) is 6.91. The minimum absolute atomic E-state index is 0.0186. The molecule has 0 aromatic heterocycles. The van der Waals surface area contributed by atoms with Crippen molar-refractivity contribution in [2.75, 3.05) is 6.54 Å². The first-order chi connectivity index (χ1) is 11.7. The molecule has 0 saturated carbocycles. The van der Waals surface area contributed by atoms with E-state index in [1.54, 1.807) is 4.90 Å². The highest BCUT2D eigenvalue weighted by Gasteiger charge is 2.44. The fraction of sp³-hybridized carbons (Fsp3) is 0.700. The van der Waals surface area contributed by atoms with Crippen LogP contribution >= 0.6 is 0 Å². The van der Waals surface area contributed by atoms with E-state index in [1.807, 2.05) is 0 Å². The summed E-state index contributed by atoms with van der Waals surface area (Å²) < 4.78 is 0. The minimum atomic E-state index is -0.261. The highest BCUT2D eigenvalue weighted by molar-refractivity contribution is 6.21. The molecule has 4 nitrogen and oxygen atoms in total. The number of amides is 1. The number of fused-ring (bicyclic) bond motifs is 1. The zero-order valence-electron chi connectivity index (χ0n) is 14.9. The quantitative estimate of drug-likeness (QED) is 0.345. The molecule has 2 aliphatic heterocycles. The van der Waals surface area contributed by atoms with Crippen molar-refractivity contribution in [2.24, 2.45) is 0 Å². The van der Waals surface area contributed by atoms with Gasteiger partial charge in [0.15, 0.2) is 5.78 Å². The molecule has 1 amide bonds. The maximum Gasteiger partial charge on any atom is 0.261 e. The number of ketones is 1. The number of rotatable bonds is 11. The lowest BCUT2D eigenvalue weighted by Crippen LogP contribution is -2.30. The summed E-state index contributed by atoms with van der Waals surface area (Å²) in [5.41, 5.74) is 0.0552. The molecular weight excluding hydrogens is 302 g/mol. The maximum absolute atomic E-state index is 12.2. The number of aliphatic hydroxyl groups excluding tert-OH is 1. The lowest BCUT2D eigenvalue weighted by atomic mass is 10.0. The molecule has 1 unspecified atom stereocenters. The van der Waals surface area contributed by atoms with Gasteiger partial charge in [0.1, 0.15) is 11.3 Å². The van der Waals surface area contributed by atoms with Crippen molar-refractivity contribution in [3.8, 4) is 0 Å². The van der Waals surface area contributed by atoms with Gasteiger partial charge in [0, 0.05) is 13.0 Å². The summed E-state index contributed by atoms with van der Waals surface area (Å²) in [5, 5.41) is 10.1. The molecule has 0 bridgehead atoms. The predicted molar refractivity (Wildman–Crippen MR) is 95.8 cm³/mol. The van der Waals surface area contributed by atoms with E-state index in [9.17, 15) is 14.7 Å². The van der Waals surface area contributed by atoms with Gasteiger partial charge in [-0.2, -0.15) is 0 Å². The number of carbonyl (C=O) groups is 2. The van der Waals surface area contributed by atoms with E-state index >= 15 is 0 Å². The van der Waals surface area contributed by atoms with Crippen LogP contribution in [0.25, 0.3) is 0 Å². The van der Waals surface area contributed by atoms with Crippen LogP contribution in [0, 0.1) is 0 Å². The van der Waals surface area contributed by atoms with E-state index in [0.717, 1.165) is 32.1 Å². The molecule has 1 N–H and O–H groups in total. The monoisotopic (exact) mass is 333 g/mol. The lowest BCUT2D eigenvalue weighted by Gasteiger charge is -2.14. The van der Waals surface area contributed by atoms with Gasteiger partial charge in [-0.05, 0) is 38.5 Å². The highest BCUT2D eigenvalue weighted by Crippen LogP contribution is 2.33. The Morgan fingerprint density at radius 3 is 2.58 bits per heavy atom. The third kappa shape index (κ3) is 4.71. The fourth-order valence-corrected chi connectivity index (χ4v) is 3.58. The summed E-state index contributed by atoms with van der Waals surface area (Å²) in [7, 11) is 0. The molecule has 2 aliphatic rings. The van der Waals surface area contributed by atoms with E-state index in [2.05, 4.69) is 19.1 Å². The molecule has 2 heterocycles. The van der Waals surface area contributed by atoms with Gasteiger partial charge in [0.05, 0.1) is 6.04 Å². The summed E-state index contributed by atoms with van der Waals surface area (Å²) in [6.07, 6.45) is 15.5. The van der Waals surface area contributed by atoms with E-state index < -0.39 is 0 Å². The fourth-order valence-electron chi connectivity index (χ4n) is 3.58. The van der Waals surface area contributed by atoms with E-state index in [1.165, 1.54) is 32.1 Å². The van der Waals surface area contributed by atoms with Crippen molar-refractivity contribution in [2.45, 2.75) is 83.6 Å². The SMILES string of the molecule is CCCCCCCC=CCCCC(=O)C1=C(O)C2CCCN2C1=O. The first-order valence-corrected chi connectivity index (χ1v) is 9.59. The Hall–Kier alpha value is -1.58. The average molecular weight is 333 g/mol. The number of aliphatic hydroxyl groups is 1. The van der Waals surface area contributed by atoms with Crippen LogP contribution in [0.5, 0.6) is 0 Å². The Bertz CT molecular complexity index is 507. The van der Waals surface area contributed by atoms with Crippen molar-refractivity contribution in [3.05, 3.63) is 23.5 Å². The van der Waals surface area contributed by atoms with Crippen molar-refractivity contribution >= 4 is 11.7 Å². The van der Waals surface area contributed by atoms with Crippen LogP contribution in [0.1, 0.15) is 77.6 Å². The number of allylic oxidation sites excluding steroid dienone is 2. The van der Waals surface area contributed by atoms with Crippen LogP contribution in [-0.2, 0) is 9.59 Å². The summed E-state index contributed by atoms with van der Waals surface area (Å²) in [4.78, 5) is 26.1. The molecular formula is C20H31NO3. The van der Waals surface area contributed by atoms with Gasteiger partial charge in [-0.1, -0.05) is 44.8 Å². The van der Waals surface area contributed by atoms with Crippen molar-refractivity contribution in [1.29, 1.82) is 0 Å². The van der Waals surface area contributed by atoms with Crippen LogP contribution in [-0.4, -0.2) is 34.3 Å². The molecule has 0 aromatic carbocycles. The number of carbonyl (C=O) groups excluding carboxylic acids is 2. The van der Waals surface area contributed by atoms with Gasteiger partial charge in [-0.3, -0.25) is 9.59 Å². The summed E-state index contributed by atoms with van der Waals surface area (Å²) in [6, 6.07) is -0.232. The Morgan fingerprint density at radius 2 is 1.88 bits per heavy atom. The predicted octanol–water partition coefficient (Wildman–Crippen LogP) is 4.46. The first kappa shape index (κ1) is 18.8. The summed E-state index contributed by atoms with van der Waals surface area (Å²) in [5.74, 6) is -0.437. The Kier molecular flexibility index (Phi) is 7.54. The van der Waals surface area contributed by atoms with Gasteiger partial charge in [-0.25, -0.2) is 0 Å². The molecule has 2 rings (SSSR count). The lowest BCUT2D eigenvalue weighted by molar-refractivity contribution is -0.128. The van der Waals surface area contributed by atoms with Crippen LogP contribution in [0.3, 0.4) is 0 Å². The average Bonchev–Trinajstić information content (AvgIpc) is 3.13. The Morgan fingerprint density at radius 1 is 1.17 bits per heavy atom. The summed E-state index contributed by atoms with van der Waals surface area (Å²) >= 11 is 0. The number of unbranched alkanes of at least 4 members (excludes halogenated alkanes) is 6. The third-order valence-electron chi connectivity index (χ3n) is 4.99. The van der Waals surface area contributed by atoms with Crippen LogP contribution in [0.4, 0.5) is 0 Å². The molecule has 24 heavy (non-hydrogen) atoms. The van der Waals surface area contributed by atoms with Crippen molar-refractivity contribution < 1.29 is 14.7 Å². The molecule has 1 saturated heterocycles. The number of hydrogen-bond acceptors (Lipinski definition) is 3. The third-order valence-corrected chi connectivity index (χ3v) is 4.99. The van der Waals surface area contributed by atoms with Crippen LogP contribution in [0.15, 0.2) is 23.5 Å². The van der Waals surface area contributed by atoms with E-state index in [0.29, 0.717) is 13.0 Å². The normalized spacial score (nSPS) is 20.5. The Balaban J connectivity index is 1.63. The minimum Gasteiger partial charge on any atom is -0.509 e. The second-order valence-corrected chi connectivity index (χ2v) is 6.91.